The Hall–Kier alpha value is -1.07. The summed E-state index contributed by atoms with van der Waals surface area (Å²) < 4.78 is 5.35. The first-order valence-electron chi connectivity index (χ1n) is 5.92. The van der Waals surface area contributed by atoms with Crippen molar-refractivity contribution in [3.05, 3.63) is 29.8 Å². The molecule has 0 saturated carbocycles. The Morgan fingerprint density at radius 2 is 2.28 bits per heavy atom. The number of nitrogens with zero attached hydrogens (tertiary/aromatic N) is 1. The molecule has 18 heavy (non-hydrogen) atoms. The minimum absolute atomic E-state index is 0.0317. The lowest BCUT2D eigenvalue weighted by atomic mass is 10.1. The highest BCUT2D eigenvalue weighted by Gasteiger charge is 2.26. The number of carbonyl (C=O) groups excluding carboxylic acids is 1. The standard InChI is InChI=1S/C13H16BrNO3/c14-8-11-9-18-6-5-15(11)13(17)7-10-3-1-2-4-12(10)16/h1-4,11,16H,5-9H2. The number of aromatic hydroxyl groups is 1. The molecule has 1 aliphatic rings. The molecule has 1 fully saturated rings. The molecule has 1 saturated heterocycles. The van der Waals surface area contributed by atoms with Crippen LogP contribution in [-0.4, -0.2) is 47.0 Å². The number of phenols is 1. The average molecular weight is 314 g/mol. The molecule has 1 aromatic carbocycles. The van der Waals surface area contributed by atoms with Crippen molar-refractivity contribution >= 4 is 21.8 Å². The Labute approximate surface area is 115 Å². The second-order valence-electron chi connectivity index (χ2n) is 4.28. The Morgan fingerprint density at radius 1 is 1.50 bits per heavy atom. The number of para-hydroxylation sites is 1. The van der Waals surface area contributed by atoms with E-state index in [1.165, 1.54) is 0 Å². The third kappa shape index (κ3) is 3.03. The van der Waals surface area contributed by atoms with Gasteiger partial charge in [0.05, 0.1) is 25.7 Å². The van der Waals surface area contributed by atoms with Gasteiger partial charge in [-0.25, -0.2) is 0 Å². The Kier molecular flexibility index (Phi) is 4.60. The van der Waals surface area contributed by atoms with E-state index in [0.717, 1.165) is 0 Å². The summed E-state index contributed by atoms with van der Waals surface area (Å²) in [6.45, 7) is 1.76. The van der Waals surface area contributed by atoms with Gasteiger partial charge in [-0.3, -0.25) is 4.79 Å². The molecule has 2 rings (SSSR count). The summed E-state index contributed by atoms with van der Waals surface area (Å²) in [4.78, 5) is 14.1. The van der Waals surface area contributed by atoms with Crippen molar-refractivity contribution in [3.63, 3.8) is 0 Å². The van der Waals surface area contributed by atoms with Gasteiger partial charge in [-0.15, -0.1) is 0 Å². The quantitative estimate of drug-likeness (QED) is 0.862. The molecule has 1 aliphatic heterocycles. The van der Waals surface area contributed by atoms with Crippen LogP contribution in [0.3, 0.4) is 0 Å². The topological polar surface area (TPSA) is 49.8 Å². The van der Waals surface area contributed by atoms with E-state index in [1.807, 2.05) is 11.0 Å². The number of halogens is 1. The van der Waals surface area contributed by atoms with Crippen LogP contribution in [0.15, 0.2) is 24.3 Å². The number of alkyl halides is 1. The third-order valence-corrected chi connectivity index (χ3v) is 3.81. The maximum absolute atomic E-state index is 12.2. The van der Waals surface area contributed by atoms with E-state index in [1.54, 1.807) is 18.2 Å². The molecule has 98 valence electrons. The second kappa shape index (κ2) is 6.20. The van der Waals surface area contributed by atoms with Crippen LogP contribution >= 0.6 is 15.9 Å². The lowest BCUT2D eigenvalue weighted by Crippen LogP contribution is -2.50. The molecule has 4 nitrogen and oxygen atoms in total. The number of morpholine rings is 1. The zero-order valence-electron chi connectivity index (χ0n) is 10.0. The number of rotatable bonds is 3. The summed E-state index contributed by atoms with van der Waals surface area (Å²) in [5.74, 6) is 0.207. The van der Waals surface area contributed by atoms with E-state index >= 15 is 0 Å². The number of ether oxygens (including phenoxy) is 1. The minimum atomic E-state index is 0.0317. The lowest BCUT2D eigenvalue weighted by Gasteiger charge is -2.34. The second-order valence-corrected chi connectivity index (χ2v) is 4.92. The maximum atomic E-state index is 12.2. The fourth-order valence-corrected chi connectivity index (χ4v) is 2.57. The maximum Gasteiger partial charge on any atom is 0.227 e. The third-order valence-electron chi connectivity index (χ3n) is 3.06. The summed E-state index contributed by atoms with van der Waals surface area (Å²) >= 11 is 3.40. The molecule has 5 heteroatoms. The molecule has 0 radical (unpaired) electrons. The number of benzene rings is 1. The van der Waals surface area contributed by atoms with Gasteiger partial charge in [0.15, 0.2) is 0 Å². The van der Waals surface area contributed by atoms with Crippen LogP contribution in [0.1, 0.15) is 5.56 Å². The van der Waals surface area contributed by atoms with Crippen LogP contribution in [-0.2, 0) is 16.0 Å². The molecular formula is C13H16BrNO3. The van der Waals surface area contributed by atoms with Crippen molar-refractivity contribution in [2.75, 3.05) is 25.1 Å². The van der Waals surface area contributed by atoms with E-state index in [2.05, 4.69) is 15.9 Å². The molecule has 1 N–H and O–H groups in total. The summed E-state index contributed by atoms with van der Waals surface area (Å²) in [5.41, 5.74) is 0.669. The first kappa shape index (κ1) is 13.4. The lowest BCUT2D eigenvalue weighted by molar-refractivity contribution is -0.138. The SMILES string of the molecule is O=C(Cc1ccccc1O)N1CCOCC1CBr. The van der Waals surface area contributed by atoms with Crippen molar-refractivity contribution in [1.82, 2.24) is 4.90 Å². The first-order valence-corrected chi connectivity index (χ1v) is 7.04. The molecule has 1 heterocycles. The molecule has 0 aliphatic carbocycles. The van der Waals surface area contributed by atoms with Gasteiger partial charge in [0, 0.05) is 17.4 Å². The van der Waals surface area contributed by atoms with Crippen LogP contribution in [0, 0.1) is 0 Å². The predicted molar refractivity (Wildman–Crippen MR) is 71.9 cm³/mol. The average Bonchev–Trinajstić information content (AvgIpc) is 2.41. The summed E-state index contributed by atoms with van der Waals surface area (Å²) in [7, 11) is 0. The molecule has 0 bridgehead atoms. The molecule has 0 aromatic heterocycles. The molecule has 1 aromatic rings. The number of hydrogen-bond donors (Lipinski definition) is 1. The normalized spacial score (nSPS) is 19.8. The number of phenolic OH excluding ortho intramolecular Hbond substituents is 1. The fraction of sp³-hybridized carbons (Fsp3) is 0.462. The first-order chi connectivity index (χ1) is 8.72. The summed E-state index contributed by atoms with van der Waals surface area (Å²) in [6, 6.07) is 7.03. The van der Waals surface area contributed by atoms with Crippen LogP contribution in [0.2, 0.25) is 0 Å². The van der Waals surface area contributed by atoms with Crippen LogP contribution in [0.5, 0.6) is 5.75 Å². The molecule has 1 amide bonds. The van der Waals surface area contributed by atoms with Gasteiger partial charge in [0.25, 0.3) is 0 Å². The van der Waals surface area contributed by atoms with E-state index in [4.69, 9.17) is 4.74 Å². The summed E-state index contributed by atoms with van der Waals surface area (Å²) in [6.07, 6.45) is 0.232. The van der Waals surface area contributed by atoms with Crippen LogP contribution in [0.4, 0.5) is 0 Å². The number of hydrogen-bond acceptors (Lipinski definition) is 3. The van der Waals surface area contributed by atoms with Gasteiger partial charge >= 0.3 is 0 Å². The van der Waals surface area contributed by atoms with Gasteiger partial charge < -0.3 is 14.7 Å². The van der Waals surface area contributed by atoms with Gasteiger partial charge in [0.2, 0.25) is 5.91 Å². The number of amides is 1. The van der Waals surface area contributed by atoms with Gasteiger partial charge in [-0.1, -0.05) is 34.1 Å². The van der Waals surface area contributed by atoms with Crippen molar-refractivity contribution in [3.8, 4) is 5.75 Å². The van der Waals surface area contributed by atoms with Crippen molar-refractivity contribution < 1.29 is 14.6 Å². The molecule has 1 unspecified atom stereocenters. The van der Waals surface area contributed by atoms with Crippen LogP contribution < -0.4 is 0 Å². The predicted octanol–water partition coefficient (Wildman–Crippen LogP) is 1.56. The van der Waals surface area contributed by atoms with Crippen molar-refractivity contribution in [2.24, 2.45) is 0 Å². The smallest absolute Gasteiger partial charge is 0.227 e. The monoisotopic (exact) mass is 313 g/mol. The largest absolute Gasteiger partial charge is 0.508 e. The highest BCUT2D eigenvalue weighted by atomic mass is 79.9. The van der Waals surface area contributed by atoms with Gasteiger partial charge in [-0.05, 0) is 6.07 Å². The van der Waals surface area contributed by atoms with E-state index in [9.17, 15) is 9.90 Å². The highest BCUT2D eigenvalue weighted by molar-refractivity contribution is 9.09. The van der Waals surface area contributed by atoms with Crippen LogP contribution in [0.25, 0.3) is 0 Å². The van der Waals surface area contributed by atoms with E-state index in [-0.39, 0.29) is 24.1 Å². The van der Waals surface area contributed by atoms with E-state index < -0.39 is 0 Å². The van der Waals surface area contributed by atoms with Gasteiger partial charge in [0.1, 0.15) is 5.75 Å². The highest BCUT2D eigenvalue weighted by Crippen LogP contribution is 2.18. The minimum Gasteiger partial charge on any atom is -0.508 e. The van der Waals surface area contributed by atoms with E-state index in [0.29, 0.717) is 30.7 Å². The fourth-order valence-electron chi connectivity index (χ4n) is 2.04. The van der Waals surface area contributed by atoms with Gasteiger partial charge in [-0.2, -0.15) is 0 Å². The zero-order valence-corrected chi connectivity index (χ0v) is 11.6. The summed E-state index contributed by atoms with van der Waals surface area (Å²) in [5, 5.41) is 10.4. The Balaban J connectivity index is 2.05. The zero-order chi connectivity index (χ0) is 13.0. The van der Waals surface area contributed by atoms with Crippen molar-refractivity contribution in [2.45, 2.75) is 12.5 Å². The molecular weight excluding hydrogens is 298 g/mol. The Morgan fingerprint density at radius 3 is 3.00 bits per heavy atom. The number of carbonyl (C=O) groups is 1. The van der Waals surface area contributed by atoms with Crippen molar-refractivity contribution in [1.29, 1.82) is 0 Å². The molecule has 1 atom stereocenters. The Bertz CT molecular complexity index is 424. The molecule has 0 spiro atoms.